The molecule has 0 aliphatic carbocycles. The molecule has 0 radical (unpaired) electrons. The van der Waals surface area contributed by atoms with Crippen LogP contribution in [0.1, 0.15) is 11.4 Å². The van der Waals surface area contributed by atoms with Crippen molar-refractivity contribution in [1.29, 1.82) is 0 Å². The molecule has 0 N–H and O–H groups in total. The molecule has 2 aromatic heterocycles. The van der Waals surface area contributed by atoms with Crippen LogP contribution in [0.15, 0.2) is 34.9 Å². The lowest BCUT2D eigenvalue weighted by Gasteiger charge is -2.04. The maximum Gasteiger partial charge on any atom is 0.270 e. The summed E-state index contributed by atoms with van der Waals surface area (Å²) in [7, 11) is 0. The number of non-ortho nitro benzene ring substituents is 1. The highest BCUT2D eigenvalue weighted by Gasteiger charge is 2.13. The van der Waals surface area contributed by atoms with Crippen LogP contribution in [0.25, 0.3) is 17.0 Å². The van der Waals surface area contributed by atoms with Crippen molar-refractivity contribution in [3.63, 3.8) is 0 Å². The van der Waals surface area contributed by atoms with Crippen molar-refractivity contribution in [3.8, 4) is 11.3 Å². The molecule has 0 aliphatic rings. The molecular formula is C14H11BrN4O2. The van der Waals surface area contributed by atoms with Crippen LogP contribution in [-0.4, -0.2) is 19.3 Å². The van der Waals surface area contributed by atoms with E-state index in [9.17, 15) is 10.1 Å². The van der Waals surface area contributed by atoms with Crippen LogP contribution >= 0.6 is 15.9 Å². The molecule has 7 heteroatoms. The Kier molecular flexibility index (Phi) is 3.21. The van der Waals surface area contributed by atoms with Crippen LogP contribution in [0, 0.1) is 24.0 Å². The first-order chi connectivity index (χ1) is 9.97. The number of nitro groups is 1. The van der Waals surface area contributed by atoms with Gasteiger partial charge in [0.25, 0.3) is 5.69 Å². The first-order valence-electron chi connectivity index (χ1n) is 6.24. The zero-order valence-electron chi connectivity index (χ0n) is 11.4. The molecule has 3 rings (SSSR count). The second-order valence-corrected chi connectivity index (χ2v) is 5.49. The van der Waals surface area contributed by atoms with Gasteiger partial charge in [-0.15, -0.1) is 0 Å². The summed E-state index contributed by atoms with van der Waals surface area (Å²) in [5.41, 5.74) is 3.25. The molecular weight excluding hydrogens is 336 g/mol. The summed E-state index contributed by atoms with van der Waals surface area (Å²) in [5.74, 6) is 0.578. The van der Waals surface area contributed by atoms with E-state index in [1.165, 1.54) is 12.1 Å². The van der Waals surface area contributed by atoms with E-state index < -0.39 is 4.92 Å². The number of fused-ring (bicyclic) bond motifs is 1. The second-order valence-electron chi connectivity index (χ2n) is 4.70. The first-order valence-corrected chi connectivity index (χ1v) is 7.03. The Balaban J connectivity index is 2.20. The smallest absolute Gasteiger partial charge is 0.270 e. The zero-order chi connectivity index (χ0) is 15.1. The van der Waals surface area contributed by atoms with Gasteiger partial charge in [0.1, 0.15) is 0 Å². The van der Waals surface area contributed by atoms with E-state index in [2.05, 4.69) is 25.9 Å². The van der Waals surface area contributed by atoms with Gasteiger partial charge in [-0.3, -0.25) is 14.5 Å². The minimum atomic E-state index is -0.413. The maximum atomic E-state index is 10.9. The Morgan fingerprint density at radius 3 is 2.76 bits per heavy atom. The number of aryl methyl sites for hydroxylation is 2. The van der Waals surface area contributed by atoms with Gasteiger partial charge < -0.3 is 0 Å². The van der Waals surface area contributed by atoms with E-state index in [1.807, 2.05) is 24.4 Å². The molecule has 0 spiro atoms. The van der Waals surface area contributed by atoms with Crippen molar-refractivity contribution in [2.75, 3.05) is 0 Å². The Labute approximate surface area is 128 Å². The minimum Gasteiger partial charge on any atom is -0.287 e. The average Bonchev–Trinajstić information content (AvgIpc) is 2.89. The number of hydrogen-bond acceptors (Lipinski definition) is 4. The number of benzene rings is 1. The van der Waals surface area contributed by atoms with E-state index in [4.69, 9.17) is 0 Å². The lowest BCUT2D eigenvalue weighted by atomic mass is 10.1. The van der Waals surface area contributed by atoms with E-state index >= 15 is 0 Å². The van der Waals surface area contributed by atoms with Gasteiger partial charge in [0.15, 0.2) is 0 Å². The number of hydrogen-bond donors (Lipinski definition) is 0. The number of nitrogens with zero attached hydrogens (tertiary/aromatic N) is 4. The summed E-state index contributed by atoms with van der Waals surface area (Å²) in [6.45, 7) is 3.86. The summed E-state index contributed by atoms with van der Waals surface area (Å²) >= 11 is 3.50. The molecule has 21 heavy (non-hydrogen) atoms. The van der Waals surface area contributed by atoms with Crippen LogP contribution in [0.5, 0.6) is 0 Å². The second kappa shape index (κ2) is 4.92. The van der Waals surface area contributed by atoms with E-state index in [1.54, 1.807) is 12.1 Å². The van der Waals surface area contributed by atoms with E-state index in [0.29, 0.717) is 17.0 Å². The SMILES string of the molecule is Cc1nc2nc(-c3cccc([N+](=O)[O-])c3)cn2c(C)c1Br. The standard InChI is InChI=1S/C14H11BrN4O2/c1-8-13(15)9(2)18-7-12(17-14(18)16-8)10-4-3-5-11(6-10)19(20)21/h3-7H,1-2H3. The normalized spacial score (nSPS) is 11.0. The number of halogens is 1. The Hall–Kier alpha value is -2.28. The number of aromatic nitrogens is 3. The highest BCUT2D eigenvalue weighted by molar-refractivity contribution is 9.10. The van der Waals surface area contributed by atoms with Crippen molar-refractivity contribution >= 4 is 27.4 Å². The Morgan fingerprint density at radius 1 is 1.29 bits per heavy atom. The van der Waals surface area contributed by atoms with E-state index in [0.717, 1.165) is 15.9 Å². The van der Waals surface area contributed by atoms with Gasteiger partial charge in [0, 0.05) is 29.6 Å². The van der Waals surface area contributed by atoms with Crippen LogP contribution in [-0.2, 0) is 0 Å². The summed E-state index contributed by atoms with van der Waals surface area (Å²) in [6, 6.07) is 6.42. The van der Waals surface area contributed by atoms with Crippen LogP contribution < -0.4 is 0 Å². The number of rotatable bonds is 2. The average molecular weight is 347 g/mol. The molecule has 2 heterocycles. The molecule has 0 aliphatic heterocycles. The van der Waals surface area contributed by atoms with Gasteiger partial charge in [-0.2, -0.15) is 0 Å². The van der Waals surface area contributed by atoms with Gasteiger partial charge >= 0.3 is 0 Å². The summed E-state index contributed by atoms with van der Waals surface area (Å²) in [6.07, 6.45) is 1.83. The highest BCUT2D eigenvalue weighted by atomic mass is 79.9. The summed E-state index contributed by atoms with van der Waals surface area (Å²) in [4.78, 5) is 19.3. The number of imidazole rings is 1. The third-order valence-electron chi connectivity index (χ3n) is 3.30. The molecule has 3 aromatic rings. The fourth-order valence-electron chi connectivity index (χ4n) is 2.18. The molecule has 1 aromatic carbocycles. The predicted molar refractivity (Wildman–Crippen MR) is 82.3 cm³/mol. The molecule has 6 nitrogen and oxygen atoms in total. The molecule has 0 saturated heterocycles. The Morgan fingerprint density at radius 2 is 2.05 bits per heavy atom. The third-order valence-corrected chi connectivity index (χ3v) is 4.45. The van der Waals surface area contributed by atoms with Crippen molar-refractivity contribution in [2.24, 2.45) is 0 Å². The van der Waals surface area contributed by atoms with Crippen molar-refractivity contribution in [3.05, 3.63) is 56.4 Å². The van der Waals surface area contributed by atoms with Gasteiger partial charge in [0.05, 0.1) is 20.8 Å². The van der Waals surface area contributed by atoms with Crippen molar-refractivity contribution in [2.45, 2.75) is 13.8 Å². The monoisotopic (exact) mass is 346 g/mol. The third kappa shape index (κ3) is 2.29. The quantitative estimate of drug-likeness (QED) is 0.524. The van der Waals surface area contributed by atoms with Gasteiger partial charge in [-0.1, -0.05) is 12.1 Å². The fraction of sp³-hybridized carbons (Fsp3) is 0.143. The highest BCUT2D eigenvalue weighted by Crippen LogP contribution is 2.26. The molecule has 0 fully saturated rings. The van der Waals surface area contributed by atoms with Crippen LogP contribution in [0.4, 0.5) is 5.69 Å². The minimum absolute atomic E-state index is 0.0478. The zero-order valence-corrected chi connectivity index (χ0v) is 13.0. The molecule has 0 amide bonds. The fourth-order valence-corrected chi connectivity index (χ4v) is 2.46. The molecule has 0 unspecified atom stereocenters. The lowest BCUT2D eigenvalue weighted by Crippen LogP contribution is -1.97. The topological polar surface area (TPSA) is 73.3 Å². The first kappa shape index (κ1) is 13.7. The van der Waals surface area contributed by atoms with Crippen LogP contribution in [0.3, 0.4) is 0 Å². The van der Waals surface area contributed by atoms with E-state index in [-0.39, 0.29) is 5.69 Å². The predicted octanol–water partition coefficient (Wildman–Crippen LogP) is 3.68. The molecule has 0 bridgehead atoms. The largest absolute Gasteiger partial charge is 0.287 e. The van der Waals surface area contributed by atoms with Crippen molar-refractivity contribution in [1.82, 2.24) is 14.4 Å². The summed E-state index contributed by atoms with van der Waals surface area (Å²) < 4.78 is 2.80. The molecule has 0 atom stereocenters. The molecule has 0 saturated carbocycles. The lowest BCUT2D eigenvalue weighted by molar-refractivity contribution is -0.384. The maximum absolute atomic E-state index is 10.9. The Bertz CT molecular complexity index is 873. The van der Waals surface area contributed by atoms with Crippen LogP contribution in [0.2, 0.25) is 0 Å². The van der Waals surface area contributed by atoms with Gasteiger partial charge in [-0.05, 0) is 29.8 Å². The van der Waals surface area contributed by atoms with Crippen molar-refractivity contribution < 1.29 is 4.92 Å². The van der Waals surface area contributed by atoms with Gasteiger partial charge in [0.2, 0.25) is 5.78 Å². The molecule has 106 valence electrons. The summed E-state index contributed by atoms with van der Waals surface area (Å²) in [5, 5.41) is 10.9. The number of nitro benzene ring substituents is 1. The van der Waals surface area contributed by atoms with Gasteiger partial charge in [-0.25, -0.2) is 9.97 Å².